The molecule has 29 heavy (non-hydrogen) atoms. The van der Waals surface area contributed by atoms with Crippen LogP contribution in [0.1, 0.15) is 22.4 Å². The highest BCUT2D eigenvalue weighted by Gasteiger charge is 2.07. The summed E-state index contributed by atoms with van der Waals surface area (Å²) in [5.74, 6) is 0.706. The van der Waals surface area contributed by atoms with Crippen molar-refractivity contribution in [2.45, 2.75) is 20.0 Å². The zero-order chi connectivity index (χ0) is 20.1. The van der Waals surface area contributed by atoms with Crippen LogP contribution in [-0.4, -0.2) is 14.5 Å². The highest BCUT2D eigenvalue weighted by molar-refractivity contribution is 5.68. The highest BCUT2D eigenvalue weighted by atomic mass is 15.0. The standard InChI is InChI=1S/C24H21N5/c1-18-6-11-24(28-23(18)14-25)27-15-21-4-2-3-5-22(21)20-9-7-19(8-10-20)16-29-13-12-26-17-29/h2-13,17H,15-16H2,1H3,(H,27,28). The molecule has 2 heterocycles. The number of hydrogen-bond donors (Lipinski definition) is 1. The minimum atomic E-state index is 0.455. The Balaban J connectivity index is 1.51. The van der Waals surface area contributed by atoms with Gasteiger partial charge in [-0.2, -0.15) is 5.26 Å². The fraction of sp³-hybridized carbons (Fsp3) is 0.125. The normalized spacial score (nSPS) is 10.5. The first-order valence-corrected chi connectivity index (χ1v) is 9.47. The topological polar surface area (TPSA) is 66.5 Å². The molecule has 0 fully saturated rings. The van der Waals surface area contributed by atoms with Crippen LogP contribution in [0.4, 0.5) is 5.82 Å². The van der Waals surface area contributed by atoms with Crippen LogP contribution in [0.5, 0.6) is 0 Å². The monoisotopic (exact) mass is 379 g/mol. The summed E-state index contributed by atoms with van der Waals surface area (Å²) in [4.78, 5) is 8.46. The van der Waals surface area contributed by atoms with Gasteiger partial charge in [0.15, 0.2) is 0 Å². The third kappa shape index (κ3) is 4.33. The molecule has 0 bridgehead atoms. The van der Waals surface area contributed by atoms with Gasteiger partial charge in [-0.1, -0.05) is 54.6 Å². The van der Waals surface area contributed by atoms with E-state index in [0.29, 0.717) is 18.1 Å². The van der Waals surface area contributed by atoms with Gasteiger partial charge in [0.05, 0.1) is 6.33 Å². The van der Waals surface area contributed by atoms with Gasteiger partial charge in [-0.05, 0) is 40.8 Å². The lowest BCUT2D eigenvalue weighted by atomic mass is 9.98. The number of imidazole rings is 1. The molecule has 0 atom stereocenters. The fourth-order valence-electron chi connectivity index (χ4n) is 3.26. The Kier molecular flexibility index (Phi) is 5.35. The van der Waals surface area contributed by atoms with E-state index in [-0.39, 0.29) is 0 Å². The zero-order valence-corrected chi connectivity index (χ0v) is 16.2. The fourth-order valence-corrected chi connectivity index (χ4v) is 3.26. The average molecular weight is 379 g/mol. The number of nitrogens with one attached hydrogen (secondary N) is 1. The summed E-state index contributed by atoms with van der Waals surface area (Å²) >= 11 is 0. The smallest absolute Gasteiger partial charge is 0.145 e. The SMILES string of the molecule is Cc1ccc(NCc2ccccc2-c2ccc(Cn3ccnc3)cc2)nc1C#N. The molecule has 0 amide bonds. The molecule has 4 aromatic rings. The quantitative estimate of drug-likeness (QED) is 0.523. The molecule has 1 N–H and O–H groups in total. The van der Waals surface area contributed by atoms with Crippen molar-refractivity contribution in [3.63, 3.8) is 0 Å². The maximum absolute atomic E-state index is 9.18. The van der Waals surface area contributed by atoms with Crippen molar-refractivity contribution >= 4 is 5.82 Å². The van der Waals surface area contributed by atoms with E-state index < -0.39 is 0 Å². The first-order chi connectivity index (χ1) is 14.2. The average Bonchev–Trinajstić information content (AvgIpc) is 3.27. The van der Waals surface area contributed by atoms with E-state index in [1.54, 1.807) is 6.20 Å². The maximum Gasteiger partial charge on any atom is 0.145 e. The van der Waals surface area contributed by atoms with Crippen molar-refractivity contribution in [1.29, 1.82) is 5.26 Å². The predicted octanol–water partition coefficient (Wildman–Crippen LogP) is 4.79. The third-order valence-electron chi connectivity index (χ3n) is 4.87. The van der Waals surface area contributed by atoms with Crippen molar-refractivity contribution < 1.29 is 0 Å². The van der Waals surface area contributed by atoms with Crippen LogP contribution in [0.15, 0.2) is 79.4 Å². The van der Waals surface area contributed by atoms with E-state index in [2.05, 4.69) is 68.4 Å². The molecule has 0 aliphatic rings. The van der Waals surface area contributed by atoms with E-state index in [0.717, 1.165) is 12.1 Å². The Morgan fingerprint density at radius 3 is 2.62 bits per heavy atom. The molecule has 0 spiro atoms. The molecule has 5 nitrogen and oxygen atoms in total. The van der Waals surface area contributed by atoms with Crippen molar-refractivity contribution in [1.82, 2.24) is 14.5 Å². The number of anilines is 1. The number of benzene rings is 2. The van der Waals surface area contributed by atoms with Gasteiger partial charge in [-0.15, -0.1) is 0 Å². The second-order valence-electron chi connectivity index (χ2n) is 6.92. The molecule has 0 aliphatic carbocycles. The largest absolute Gasteiger partial charge is 0.366 e. The number of hydrogen-bond acceptors (Lipinski definition) is 4. The second-order valence-corrected chi connectivity index (χ2v) is 6.92. The molecule has 4 rings (SSSR count). The molecule has 0 aliphatic heterocycles. The van der Waals surface area contributed by atoms with E-state index >= 15 is 0 Å². The summed E-state index contributed by atoms with van der Waals surface area (Å²) in [6.07, 6.45) is 5.58. The van der Waals surface area contributed by atoms with Crippen molar-refractivity contribution in [3.05, 3.63) is 102 Å². The number of nitriles is 1. The molecule has 2 aromatic heterocycles. The number of pyridine rings is 1. The van der Waals surface area contributed by atoms with Gasteiger partial charge in [-0.25, -0.2) is 9.97 Å². The first-order valence-electron chi connectivity index (χ1n) is 9.47. The Labute approximate surface area is 170 Å². The number of nitrogens with zero attached hydrogens (tertiary/aromatic N) is 4. The minimum absolute atomic E-state index is 0.455. The van der Waals surface area contributed by atoms with Gasteiger partial charge in [0.1, 0.15) is 17.6 Å². The molecule has 0 saturated carbocycles. The van der Waals surface area contributed by atoms with Crippen LogP contribution < -0.4 is 5.32 Å². The van der Waals surface area contributed by atoms with Gasteiger partial charge in [0.2, 0.25) is 0 Å². The van der Waals surface area contributed by atoms with Crippen LogP contribution in [0.3, 0.4) is 0 Å². The van der Waals surface area contributed by atoms with Crippen molar-refractivity contribution in [2.24, 2.45) is 0 Å². The minimum Gasteiger partial charge on any atom is -0.366 e. The van der Waals surface area contributed by atoms with Crippen molar-refractivity contribution in [2.75, 3.05) is 5.32 Å². The lowest BCUT2D eigenvalue weighted by molar-refractivity contribution is 0.797. The van der Waals surface area contributed by atoms with Crippen LogP contribution in [0.25, 0.3) is 11.1 Å². The summed E-state index contributed by atoms with van der Waals surface area (Å²) in [6, 6.07) is 22.9. The third-order valence-corrected chi connectivity index (χ3v) is 4.87. The molecule has 0 radical (unpaired) electrons. The van der Waals surface area contributed by atoms with Gasteiger partial charge >= 0.3 is 0 Å². The van der Waals surface area contributed by atoms with Gasteiger partial charge in [0, 0.05) is 25.5 Å². The van der Waals surface area contributed by atoms with E-state index in [9.17, 15) is 5.26 Å². The molecular weight excluding hydrogens is 358 g/mol. The van der Waals surface area contributed by atoms with Crippen LogP contribution in [0, 0.1) is 18.3 Å². The molecule has 142 valence electrons. The molecule has 5 heteroatoms. The molecule has 0 unspecified atom stereocenters. The van der Waals surface area contributed by atoms with Crippen molar-refractivity contribution in [3.8, 4) is 17.2 Å². The first kappa shape index (κ1) is 18.5. The zero-order valence-electron chi connectivity index (χ0n) is 16.2. The van der Waals surface area contributed by atoms with E-state index in [4.69, 9.17) is 0 Å². The summed E-state index contributed by atoms with van der Waals surface area (Å²) in [5.41, 5.74) is 6.10. The number of aromatic nitrogens is 3. The lowest BCUT2D eigenvalue weighted by Gasteiger charge is -2.12. The van der Waals surface area contributed by atoms with Gasteiger partial charge in [0.25, 0.3) is 0 Å². The second kappa shape index (κ2) is 8.41. The molecule has 2 aromatic carbocycles. The number of aryl methyl sites for hydroxylation is 1. The van der Waals surface area contributed by atoms with Gasteiger partial charge in [-0.3, -0.25) is 0 Å². The van der Waals surface area contributed by atoms with Crippen LogP contribution in [-0.2, 0) is 13.1 Å². The Bertz CT molecular complexity index is 1140. The predicted molar refractivity (Wildman–Crippen MR) is 114 cm³/mol. The molecular formula is C24H21N5. The summed E-state index contributed by atoms with van der Waals surface area (Å²) in [5, 5.41) is 12.5. The summed E-state index contributed by atoms with van der Waals surface area (Å²) in [7, 11) is 0. The lowest BCUT2D eigenvalue weighted by Crippen LogP contribution is -2.04. The highest BCUT2D eigenvalue weighted by Crippen LogP contribution is 2.25. The van der Waals surface area contributed by atoms with Crippen LogP contribution >= 0.6 is 0 Å². The summed E-state index contributed by atoms with van der Waals surface area (Å²) in [6.45, 7) is 3.33. The Morgan fingerprint density at radius 1 is 1.03 bits per heavy atom. The van der Waals surface area contributed by atoms with Crippen LogP contribution in [0.2, 0.25) is 0 Å². The Hall–Kier alpha value is -3.91. The van der Waals surface area contributed by atoms with Gasteiger partial charge < -0.3 is 9.88 Å². The number of rotatable bonds is 6. The maximum atomic E-state index is 9.18. The molecule has 0 saturated heterocycles. The summed E-state index contributed by atoms with van der Waals surface area (Å²) < 4.78 is 2.05. The van der Waals surface area contributed by atoms with E-state index in [1.807, 2.05) is 37.6 Å². The van der Waals surface area contributed by atoms with E-state index in [1.165, 1.54) is 22.3 Å². The Morgan fingerprint density at radius 2 is 1.86 bits per heavy atom.